The Morgan fingerprint density at radius 1 is 1.38 bits per heavy atom. The van der Waals surface area contributed by atoms with Crippen LogP contribution in [-0.4, -0.2) is 49.0 Å². The predicted molar refractivity (Wildman–Crippen MR) is 104 cm³/mol. The number of hydrogen-bond acceptors (Lipinski definition) is 7. The molecule has 1 aromatic carbocycles. The summed E-state index contributed by atoms with van der Waals surface area (Å²) >= 11 is 0. The SMILES string of the molecule is CCOC(=O)c1cnn2ccc(NC(Cc3cc(F)ccc3O)C(C)(C)O)nc12. The number of anilines is 1. The molecule has 0 spiro atoms. The molecular weight excluding hydrogens is 379 g/mol. The summed E-state index contributed by atoms with van der Waals surface area (Å²) in [5.41, 5.74) is -0.353. The Balaban J connectivity index is 1.91. The molecule has 2 aromatic heterocycles. The van der Waals surface area contributed by atoms with Gasteiger partial charge in [-0.05, 0) is 57.0 Å². The summed E-state index contributed by atoms with van der Waals surface area (Å²) in [6, 6.07) is 4.69. The summed E-state index contributed by atoms with van der Waals surface area (Å²) < 4.78 is 20.0. The Labute approximate surface area is 167 Å². The smallest absolute Gasteiger partial charge is 0.343 e. The van der Waals surface area contributed by atoms with Gasteiger partial charge in [-0.15, -0.1) is 0 Å². The van der Waals surface area contributed by atoms with E-state index in [2.05, 4.69) is 15.4 Å². The highest BCUT2D eigenvalue weighted by molar-refractivity contribution is 5.95. The number of ether oxygens (including phenoxy) is 1. The number of nitrogens with zero attached hydrogens (tertiary/aromatic N) is 3. The first-order chi connectivity index (χ1) is 13.7. The molecule has 3 aromatic rings. The minimum Gasteiger partial charge on any atom is -0.508 e. The third-order valence-electron chi connectivity index (χ3n) is 4.50. The molecule has 9 heteroatoms. The largest absolute Gasteiger partial charge is 0.508 e. The second-order valence-corrected chi connectivity index (χ2v) is 7.19. The molecule has 29 heavy (non-hydrogen) atoms. The summed E-state index contributed by atoms with van der Waals surface area (Å²) in [5.74, 6) is -0.695. The number of phenols is 1. The van der Waals surface area contributed by atoms with Crippen molar-refractivity contribution in [2.24, 2.45) is 0 Å². The maximum Gasteiger partial charge on any atom is 0.343 e. The van der Waals surface area contributed by atoms with Crippen molar-refractivity contribution < 1.29 is 24.1 Å². The van der Waals surface area contributed by atoms with Crippen LogP contribution in [0.1, 0.15) is 36.7 Å². The topological polar surface area (TPSA) is 109 Å². The van der Waals surface area contributed by atoms with Crippen LogP contribution in [0.25, 0.3) is 5.65 Å². The molecule has 2 heterocycles. The van der Waals surface area contributed by atoms with E-state index >= 15 is 0 Å². The van der Waals surface area contributed by atoms with Crippen LogP contribution in [0, 0.1) is 5.82 Å². The summed E-state index contributed by atoms with van der Waals surface area (Å²) in [5, 5.41) is 27.8. The van der Waals surface area contributed by atoms with Crippen molar-refractivity contribution in [2.45, 2.75) is 38.8 Å². The van der Waals surface area contributed by atoms with Gasteiger partial charge >= 0.3 is 5.97 Å². The maximum absolute atomic E-state index is 13.6. The molecular formula is C20H23FN4O4. The molecule has 0 aliphatic rings. The molecule has 0 fully saturated rings. The highest BCUT2D eigenvalue weighted by Crippen LogP contribution is 2.25. The van der Waals surface area contributed by atoms with Crippen LogP contribution in [-0.2, 0) is 11.2 Å². The van der Waals surface area contributed by atoms with E-state index in [0.29, 0.717) is 17.0 Å². The zero-order valence-corrected chi connectivity index (χ0v) is 16.4. The number of nitrogens with one attached hydrogen (secondary N) is 1. The lowest BCUT2D eigenvalue weighted by Crippen LogP contribution is -2.43. The number of phenolic OH excluding ortho intramolecular Hbond substituents is 1. The van der Waals surface area contributed by atoms with Crippen LogP contribution in [0.2, 0.25) is 0 Å². The van der Waals surface area contributed by atoms with E-state index in [1.165, 1.54) is 22.8 Å². The van der Waals surface area contributed by atoms with Crippen molar-refractivity contribution in [1.29, 1.82) is 0 Å². The normalized spacial score (nSPS) is 12.7. The van der Waals surface area contributed by atoms with Gasteiger partial charge in [0.1, 0.15) is 22.9 Å². The number of fused-ring (bicyclic) bond motifs is 1. The lowest BCUT2D eigenvalue weighted by molar-refractivity contribution is 0.0527. The van der Waals surface area contributed by atoms with E-state index < -0.39 is 23.4 Å². The Bertz CT molecular complexity index is 1030. The first-order valence-corrected chi connectivity index (χ1v) is 9.17. The van der Waals surface area contributed by atoms with E-state index in [4.69, 9.17) is 4.74 Å². The van der Waals surface area contributed by atoms with Crippen LogP contribution in [0.3, 0.4) is 0 Å². The molecule has 0 aliphatic carbocycles. The monoisotopic (exact) mass is 402 g/mol. The minimum absolute atomic E-state index is 0.0637. The van der Waals surface area contributed by atoms with E-state index in [0.717, 1.165) is 6.07 Å². The minimum atomic E-state index is -1.23. The molecule has 154 valence electrons. The van der Waals surface area contributed by atoms with Crippen LogP contribution < -0.4 is 5.32 Å². The van der Waals surface area contributed by atoms with Crippen molar-refractivity contribution in [3.8, 4) is 5.75 Å². The number of benzene rings is 1. The number of hydrogen-bond donors (Lipinski definition) is 3. The van der Waals surface area contributed by atoms with E-state index in [-0.39, 0.29) is 24.3 Å². The standard InChI is InChI=1S/C20H23FN4O4/c1-4-29-19(27)14-11-22-25-8-7-17(24-18(14)25)23-16(20(2,3)28)10-12-9-13(21)5-6-15(12)26/h5-9,11,16,26,28H,4,10H2,1-3H3,(H,23,24). The Hall–Kier alpha value is -3.20. The summed E-state index contributed by atoms with van der Waals surface area (Å²) in [6.45, 7) is 5.14. The zero-order chi connectivity index (χ0) is 21.2. The molecule has 3 N–H and O–H groups in total. The van der Waals surface area contributed by atoms with E-state index in [1.54, 1.807) is 33.0 Å². The Morgan fingerprint density at radius 2 is 2.14 bits per heavy atom. The van der Waals surface area contributed by atoms with Crippen LogP contribution in [0.15, 0.2) is 36.7 Å². The van der Waals surface area contributed by atoms with Gasteiger partial charge in [0.2, 0.25) is 0 Å². The third-order valence-corrected chi connectivity index (χ3v) is 4.50. The number of aromatic hydroxyl groups is 1. The fourth-order valence-corrected chi connectivity index (χ4v) is 2.90. The Morgan fingerprint density at radius 3 is 2.83 bits per heavy atom. The van der Waals surface area contributed by atoms with Crippen molar-refractivity contribution in [1.82, 2.24) is 14.6 Å². The zero-order valence-electron chi connectivity index (χ0n) is 16.4. The molecule has 8 nitrogen and oxygen atoms in total. The summed E-state index contributed by atoms with van der Waals surface area (Å²) in [6.07, 6.45) is 3.14. The summed E-state index contributed by atoms with van der Waals surface area (Å²) in [4.78, 5) is 16.5. The average molecular weight is 402 g/mol. The molecule has 0 radical (unpaired) electrons. The van der Waals surface area contributed by atoms with Gasteiger partial charge in [0, 0.05) is 6.20 Å². The number of carbonyl (C=O) groups is 1. The first-order valence-electron chi connectivity index (χ1n) is 9.17. The van der Waals surface area contributed by atoms with E-state index in [9.17, 15) is 19.4 Å². The summed E-state index contributed by atoms with van der Waals surface area (Å²) in [7, 11) is 0. The van der Waals surface area contributed by atoms with Crippen molar-refractivity contribution in [3.05, 3.63) is 53.6 Å². The second-order valence-electron chi connectivity index (χ2n) is 7.19. The third kappa shape index (κ3) is 4.62. The first kappa shape index (κ1) is 20.5. The molecule has 0 bridgehead atoms. The number of rotatable bonds is 7. The predicted octanol–water partition coefficient (Wildman–Crippen LogP) is 2.54. The molecule has 1 unspecified atom stereocenters. The van der Waals surface area contributed by atoms with Gasteiger partial charge in [0.05, 0.1) is 24.4 Å². The van der Waals surface area contributed by atoms with Crippen LogP contribution in [0.4, 0.5) is 10.2 Å². The molecule has 3 rings (SSSR count). The molecule has 0 amide bonds. The number of esters is 1. The average Bonchev–Trinajstić information content (AvgIpc) is 3.07. The van der Waals surface area contributed by atoms with Gasteiger partial charge < -0.3 is 20.3 Å². The molecule has 0 saturated carbocycles. The van der Waals surface area contributed by atoms with Crippen molar-refractivity contribution in [3.63, 3.8) is 0 Å². The lowest BCUT2D eigenvalue weighted by atomic mass is 9.92. The number of aromatic nitrogens is 3. The Kier molecular flexibility index (Phi) is 5.69. The van der Waals surface area contributed by atoms with Gasteiger partial charge in [-0.3, -0.25) is 0 Å². The molecule has 0 aliphatic heterocycles. The fourth-order valence-electron chi connectivity index (χ4n) is 2.90. The highest BCUT2D eigenvalue weighted by Gasteiger charge is 2.28. The quantitative estimate of drug-likeness (QED) is 0.521. The van der Waals surface area contributed by atoms with Crippen molar-refractivity contribution >= 4 is 17.4 Å². The van der Waals surface area contributed by atoms with Gasteiger partial charge in [0.25, 0.3) is 0 Å². The van der Waals surface area contributed by atoms with Gasteiger partial charge in [-0.1, -0.05) is 0 Å². The fraction of sp³-hybridized carbons (Fsp3) is 0.350. The maximum atomic E-state index is 13.6. The van der Waals surface area contributed by atoms with Crippen LogP contribution in [0.5, 0.6) is 5.75 Å². The number of carbonyl (C=O) groups excluding carboxylic acids is 1. The molecule has 0 saturated heterocycles. The van der Waals surface area contributed by atoms with Crippen molar-refractivity contribution in [2.75, 3.05) is 11.9 Å². The second kappa shape index (κ2) is 8.04. The number of halogens is 1. The van der Waals surface area contributed by atoms with Gasteiger partial charge in [-0.25, -0.2) is 18.7 Å². The van der Waals surface area contributed by atoms with Gasteiger partial charge in [0.15, 0.2) is 5.65 Å². The lowest BCUT2D eigenvalue weighted by Gasteiger charge is -2.31. The highest BCUT2D eigenvalue weighted by atomic mass is 19.1. The molecule has 1 atom stereocenters. The van der Waals surface area contributed by atoms with Gasteiger partial charge in [-0.2, -0.15) is 5.10 Å². The number of aliphatic hydroxyl groups is 1. The van der Waals surface area contributed by atoms with Crippen LogP contribution >= 0.6 is 0 Å². The van der Waals surface area contributed by atoms with E-state index in [1.807, 2.05) is 0 Å².